The summed E-state index contributed by atoms with van der Waals surface area (Å²) in [6.07, 6.45) is 3.44. The van der Waals surface area contributed by atoms with Crippen LogP contribution in [0.15, 0.2) is 11.8 Å². The second kappa shape index (κ2) is 3.06. The first kappa shape index (κ1) is 7.61. The van der Waals surface area contributed by atoms with E-state index in [2.05, 4.69) is 37.3 Å². The van der Waals surface area contributed by atoms with Crippen molar-refractivity contribution in [3.63, 3.8) is 0 Å². The Labute approximate surface area is 62.9 Å². The second-order valence-corrected chi connectivity index (χ2v) is 2.88. The lowest BCUT2D eigenvalue weighted by Gasteiger charge is -2.20. The Morgan fingerprint density at radius 1 is 1.70 bits per heavy atom. The Morgan fingerprint density at radius 3 is 2.80 bits per heavy atom. The van der Waals surface area contributed by atoms with Crippen LogP contribution in [0.3, 0.4) is 0 Å². The van der Waals surface area contributed by atoms with Gasteiger partial charge in [-0.25, -0.2) is 5.43 Å². The molecule has 1 N–H and O–H groups in total. The SMILES string of the molecule is CCCN1NC(C)C=C1C. The van der Waals surface area contributed by atoms with E-state index in [0.717, 1.165) is 6.54 Å². The molecule has 2 heteroatoms. The molecule has 0 saturated heterocycles. The molecule has 0 fully saturated rings. The zero-order valence-corrected chi connectivity index (χ0v) is 7.02. The van der Waals surface area contributed by atoms with Crippen LogP contribution < -0.4 is 5.43 Å². The van der Waals surface area contributed by atoms with Crippen molar-refractivity contribution < 1.29 is 0 Å². The molecule has 0 aromatic heterocycles. The molecule has 1 aliphatic heterocycles. The van der Waals surface area contributed by atoms with Gasteiger partial charge in [0.1, 0.15) is 0 Å². The first-order chi connectivity index (χ1) is 4.74. The molecule has 0 bridgehead atoms. The second-order valence-electron chi connectivity index (χ2n) is 2.88. The third-order valence-electron chi connectivity index (χ3n) is 1.72. The molecule has 1 aliphatic rings. The van der Waals surface area contributed by atoms with Gasteiger partial charge in [-0.3, -0.25) is 0 Å². The highest BCUT2D eigenvalue weighted by molar-refractivity contribution is 5.07. The van der Waals surface area contributed by atoms with E-state index >= 15 is 0 Å². The minimum Gasteiger partial charge on any atom is -0.313 e. The van der Waals surface area contributed by atoms with E-state index in [9.17, 15) is 0 Å². The summed E-state index contributed by atoms with van der Waals surface area (Å²) < 4.78 is 0. The van der Waals surface area contributed by atoms with Crippen LogP contribution in [0.2, 0.25) is 0 Å². The van der Waals surface area contributed by atoms with Crippen LogP contribution in [0.4, 0.5) is 0 Å². The molecule has 0 amide bonds. The largest absolute Gasteiger partial charge is 0.313 e. The van der Waals surface area contributed by atoms with Crippen molar-refractivity contribution in [3.8, 4) is 0 Å². The first-order valence-corrected chi connectivity index (χ1v) is 3.96. The summed E-state index contributed by atoms with van der Waals surface area (Å²) in [5.41, 5.74) is 4.70. The predicted octanol–water partition coefficient (Wildman–Crippen LogP) is 1.51. The average molecular weight is 140 g/mol. The number of hydrogen-bond acceptors (Lipinski definition) is 2. The average Bonchev–Trinajstić information content (AvgIpc) is 2.13. The minimum atomic E-state index is 0.520. The normalized spacial score (nSPS) is 25.3. The number of hydrogen-bond donors (Lipinski definition) is 1. The van der Waals surface area contributed by atoms with E-state index < -0.39 is 0 Å². The van der Waals surface area contributed by atoms with Crippen LogP contribution in [0.1, 0.15) is 27.2 Å². The Balaban J connectivity index is 2.43. The van der Waals surface area contributed by atoms with Gasteiger partial charge in [0.15, 0.2) is 0 Å². The fourth-order valence-electron chi connectivity index (χ4n) is 1.30. The van der Waals surface area contributed by atoms with Crippen LogP contribution in [0.25, 0.3) is 0 Å². The van der Waals surface area contributed by atoms with Crippen molar-refractivity contribution in [1.29, 1.82) is 0 Å². The maximum absolute atomic E-state index is 3.35. The topological polar surface area (TPSA) is 15.3 Å². The molecular weight excluding hydrogens is 124 g/mol. The Hall–Kier alpha value is -0.500. The molecule has 1 atom stereocenters. The maximum Gasteiger partial charge on any atom is 0.0434 e. The molecule has 0 radical (unpaired) electrons. The van der Waals surface area contributed by atoms with Crippen molar-refractivity contribution >= 4 is 0 Å². The standard InChI is InChI=1S/C8H16N2/c1-4-5-10-8(3)6-7(2)9-10/h6-7,9H,4-5H2,1-3H3. The smallest absolute Gasteiger partial charge is 0.0434 e. The van der Waals surface area contributed by atoms with Gasteiger partial charge in [0.25, 0.3) is 0 Å². The number of allylic oxidation sites excluding steroid dienone is 1. The number of rotatable bonds is 2. The quantitative estimate of drug-likeness (QED) is 0.625. The van der Waals surface area contributed by atoms with E-state index in [1.165, 1.54) is 12.1 Å². The van der Waals surface area contributed by atoms with Crippen LogP contribution in [-0.2, 0) is 0 Å². The molecule has 1 heterocycles. The van der Waals surface area contributed by atoms with Gasteiger partial charge < -0.3 is 5.01 Å². The van der Waals surface area contributed by atoms with E-state index in [4.69, 9.17) is 0 Å². The van der Waals surface area contributed by atoms with E-state index in [-0.39, 0.29) is 0 Å². The molecule has 0 saturated carbocycles. The summed E-state index contributed by atoms with van der Waals surface area (Å²) in [5, 5.41) is 2.21. The summed E-state index contributed by atoms with van der Waals surface area (Å²) >= 11 is 0. The van der Waals surface area contributed by atoms with Gasteiger partial charge in [0, 0.05) is 18.3 Å². The van der Waals surface area contributed by atoms with Gasteiger partial charge in [-0.05, 0) is 26.3 Å². The predicted molar refractivity (Wildman–Crippen MR) is 43.4 cm³/mol. The van der Waals surface area contributed by atoms with Crippen molar-refractivity contribution in [2.45, 2.75) is 33.2 Å². The van der Waals surface area contributed by atoms with Gasteiger partial charge in [0.05, 0.1) is 0 Å². The fraction of sp³-hybridized carbons (Fsp3) is 0.750. The molecule has 0 spiro atoms. The zero-order valence-electron chi connectivity index (χ0n) is 7.02. The van der Waals surface area contributed by atoms with Crippen LogP contribution in [-0.4, -0.2) is 17.6 Å². The fourth-order valence-corrected chi connectivity index (χ4v) is 1.30. The maximum atomic E-state index is 3.35. The molecule has 0 aromatic carbocycles. The van der Waals surface area contributed by atoms with Crippen LogP contribution in [0.5, 0.6) is 0 Å². The molecule has 0 aliphatic carbocycles. The van der Waals surface area contributed by atoms with E-state index in [0.29, 0.717) is 6.04 Å². The summed E-state index contributed by atoms with van der Waals surface area (Å²) in [6, 6.07) is 0.520. The number of nitrogens with one attached hydrogen (secondary N) is 1. The molecule has 1 rings (SSSR count). The van der Waals surface area contributed by atoms with Crippen molar-refractivity contribution in [2.24, 2.45) is 0 Å². The van der Waals surface area contributed by atoms with E-state index in [1.54, 1.807) is 0 Å². The van der Waals surface area contributed by atoms with Gasteiger partial charge in [-0.15, -0.1) is 0 Å². The minimum absolute atomic E-state index is 0.520. The molecular formula is C8H16N2. The first-order valence-electron chi connectivity index (χ1n) is 3.96. The summed E-state index contributed by atoms with van der Waals surface area (Å²) in [4.78, 5) is 0. The Bertz CT molecular complexity index is 140. The molecule has 10 heavy (non-hydrogen) atoms. The lowest BCUT2D eigenvalue weighted by Crippen LogP contribution is -2.35. The Kier molecular flexibility index (Phi) is 2.33. The third kappa shape index (κ3) is 1.51. The Morgan fingerprint density at radius 2 is 2.40 bits per heavy atom. The van der Waals surface area contributed by atoms with Crippen molar-refractivity contribution in [3.05, 3.63) is 11.8 Å². The highest BCUT2D eigenvalue weighted by Crippen LogP contribution is 2.10. The number of nitrogens with zero attached hydrogens (tertiary/aromatic N) is 1. The van der Waals surface area contributed by atoms with Crippen molar-refractivity contribution in [2.75, 3.05) is 6.54 Å². The summed E-state index contributed by atoms with van der Waals surface area (Å²) in [5.74, 6) is 0. The monoisotopic (exact) mass is 140 g/mol. The molecule has 2 nitrogen and oxygen atoms in total. The number of hydrazine groups is 1. The van der Waals surface area contributed by atoms with Gasteiger partial charge >= 0.3 is 0 Å². The molecule has 58 valence electrons. The van der Waals surface area contributed by atoms with E-state index in [1.807, 2.05) is 0 Å². The molecule has 1 unspecified atom stereocenters. The third-order valence-corrected chi connectivity index (χ3v) is 1.72. The summed E-state index contributed by atoms with van der Waals surface area (Å²) in [6.45, 7) is 7.62. The lowest BCUT2D eigenvalue weighted by molar-refractivity contribution is 0.260. The molecule has 0 aromatic rings. The van der Waals surface area contributed by atoms with Gasteiger partial charge in [0.2, 0.25) is 0 Å². The highest BCUT2D eigenvalue weighted by Gasteiger charge is 2.13. The van der Waals surface area contributed by atoms with Crippen LogP contribution in [0, 0.1) is 0 Å². The zero-order chi connectivity index (χ0) is 7.56. The van der Waals surface area contributed by atoms with Crippen LogP contribution >= 0.6 is 0 Å². The van der Waals surface area contributed by atoms with Gasteiger partial charge in [-0.1, -0.05) is 6.92 Å². The summed E-state index contributed by atoms with van der Waals surface area (Å²) in [7, 11) is 0. The highest BCUT2D eigenvalue weighted by atomic mass is 15.5. The van der Waals surface area contributed by atoms with Gasteiger partial charge in [-0.2, -0.15) is 0 Å². The lowest BCUT2D eigenvalue weighted by atomic mass is 10.3. The van der Waals surface area contributed by atoms with Crippen molar-refractivity contribution in [1.82, 2.24) is 10.4 Å².